The molecule has 0 radical (unpaired) electrons. The molecule has 152 valence electrons. The van der Waals surface area contributed by atoms with Crippen LogP contribution < -0.4 is 5.32 Å². The summed E-state index contributed by atoms with van der Waals surface area (Å²) >= 11 is 0. The molecular formula is C23H28N4O2. The van der Waals surface area contributed by atoms with Gasteiger partial charge in [0.15, 0.2) is 0 Å². The number of nitrogens with one attached hydrogen (secondary N) is 1. The SMILES string of the molecule is O=[N+]([O-])c1ccc(-n2nc(C34CC5CC(CC(C5)C3)C4)c3c2NCCCC3)cc1. The van der Waals surface area contributed by atoms with Crippen molar-refractivity contribution in [2.45, 2.75) is 63.2 Å². The second-order valence-corrected chi connectivity index (χ2v) is 9.94. The number of benzene rings is 1. The van der Waals surface area contributed by atoms with Gasteiger partial charge in [-0.25, -0.2) is 4.68 Å². The maximum Gasteiger partial charge on any atom is 0.269 e. The molecule has 0 atom stereocenters. The van der Waals surface area contributed by atoms with Crippen molar-refractivity contribution < 1.29 is 4.92 Å². The van der Waals surface area contributed by atoms with E-state index >= 15 is 0 Å². The fourth-order valence-electron chi connectivity index (χ4n) is 7.23. The molecule has 4 fully saturated rings. The van der Waals surface area contributed by atoms with E-state index in [1.807, 2.05) is 16.8 Å². The number of rotatable bonds is 3. The number of aromatic nitrogens is 2. The predicted molar refractivity (Wildman–Crippen MR) is 111 cm³/mol. The lowest BCUT2D eigenvalue weighted by atomic mass is 9.48. The van der Waals surface area contributed by atoms with Crippen LogP contribution in [0.1, 0.15) is 62.6 Å². The van der Waals surface area contributed by atoms with Crippen molar-refractivity contribution in [2.75, 3.05) is 11.9 Å². The van der Waals surface area contributed by atoms with Crippen molar-refractivity contribution in [1.29, 1.82) is 0 Å². The van der Waals surface area contributed by atoms with Crippen molar-refractivity contribution in [3.05, 3.63) is 45.6 Å². The quantitative estimate of drug-likeness (QED) is 0.589. The van der Waals surface area contributed by atoms with E-state index in [0.29, 0.717) is 0 Å². The standard InChI is InChI=1S/C23H28N4O2/c28-27(29)19-6-4-18(5-7-19)26-22-20(3-1-2-8-24-22)21(25-26)23-12-15-9-16(13-23)11-17(10-15)14-23/h4-7,15-17,24H,1-3,8-14H2. The van der Waals surface area contributed by atoms with Crippen molar-refractivity contribution in [3.63, 3.8) is 0 Å². The Hall–Kier alpha value is -2.37. The van der Waals surface area contributed by atoms with Gasteiger partial charge in [-0.1, -0.05) is 0 Å². The van der Waals surface area contributed by atoms with Gasteiger partial charge in [-0.2, -0.15) is 5.10 Å². The van der Waals surface area contributed by atoms with Gasteiger partial charge in [0.05, 0.1) is 16.3 Å². The molecule has 6 heteroatoms. The largest absolute Gasteiger partial charge is 0.370 e. The second kappa shape index (κ2) is 6.31. The van der Waals surface area contributed by atoms with Gasteiger partial charge in [0.25, 0.3) is 5.69 Å². The molecule has 0 unspecified atom stereocenters. The van der Waals surface area contributed by atoms with Gasteiger partial charge in [0.1, 0.15) is 5.82 Å². The van der Waals surface area contributed by atoms with Crippen molar-refractivity contribution in [1.82, 2.24) is 9.78 Å². The molecule has 1 aliphatic heterocycles. The molecule has 5 aliphatic rings. The molecule has 4 aliphatic carbocycles. The number of non-ortho nitro benzene ring substituents is 1. The molecule has 0 spiro atoms. The summed E-state index contributed by atoms with van der Waals surface area (Å²) in [5, 5.41) is 20.0. The molecule has 7 rings (SSSR count). The average molecular weight is 393 g/mol. The summed E-state index contributed by atoms with van der Waals surface area (Å²) in [6.07, 6.45) is 11.7. The highest BCUT2D eigenvalue weighted by Gasteiger charge is 2.53. The molecule has 1 aromatic heterocycles. The van der Waals surface area contributed by atoms with E-state index in [1.165, 1.54) is 62.6 Å². The van der Waals surface area contributed by atoms with Crippen molar-refractivity contribution >= 4 is 11.5 Å². The minimum Gasteiger partial charge on any atom is -0.370 e. The highest BCUT2D eigenvalue weighted by Crippen LogP contribution is 2.61. The Morgan fingerprint density at radius 3 is 2.31 bits per heavy atom. The van der Waals surface area contributed by atoms with Crippen LogP contribution in [0.3, 0.4) is 0 Å². The molecule has 2 heterocycles. The Labute approximate surface area is 170 Å². The summed E-state index contributed by atoms with van der Waals surface area (Å²) in [5.74, 6) is 3.79. The molecule has 0 saturated heterocycles. The van der Waals surface area contributed by atoms with Crippen LogP contribution >= 0.6 is 0 Å². The molecule has 2 aromatic rings. The molecule has 1 aromatic carbocycles. The number of hydrogen-bond donors (Lipinski definition) is 1. The number of nitro groups is 1. The van der Waals surface area contributed by atoms with Crippen LogP contribution in [0.25, 0.3) is 5.69 Å². The summed E-state index contributed by atoms with van der Waals surface area (Å²) in [6.45, 7) is 0.964. The Morgan fingerprint density at radius 2 is 1.69 bits per heavy atom. The van der Waals surface area contributed by atoms with Gasteiger partial charge >= 0.3 is 0 Å². The van der Waals surface area contributed by atoms with Crippen LogP contribution in [0, 0.1) is 27.9 Å². The number of nitrogens with zero attached hydrogens (tertiary/aromatic N) is 3. The smallest absolute Gasteiger partial charge is 0.269 e. The van der Waals surface area contributed by atoms with E-state index in [-0.39, 0.29) is 16.0 Å². The van der Waals surface area contributed by atoms with Gasteiger partial charge in [0.2, 0.25) is 0 Å². The summed E-state index contributed by atoms with van der Waals surface area (Å²) in [7, 11) is 0. The van der Waals surface area contributed by atoms with Gasteiger partial charge in [-0.3, -0.25) is 10.1 Å². The first-order valence-corrected chi connectivity index (χ1v) is 11.2. The summed E-state index contributed by atoms with van der Waals surface area (Å²) in [5.41, 5.74) is 4.07. The first kappa shape index (κ1) is 17.5. The fourth-order valence-corrected chi connectivity index (χ4v) is 7.23. The van der Waals surface area contributed by atoms with Crippen LogP contribution in [-0.4, -0.2) is 21.2 Å². The minimum absolute atomic E-state index is 0.126. The number of fused-ring (bicyclic) bond motifs is 1. The van der Waals surface area contributed by atoms with E-state index in [0.717, 1.165) is 42.2 Å². The average Bonchev–Trinajstić information content (AvgIpc) is 2.89. The van der Waals surface area contributed by atoms with Gasteiger partial charge < -0.3 is 5.32 Å². The van der Waals surface area contributed by atoms with E-state index in [2.05, 4.69) is 5.32 Å². The second-order valence-electron chi connectivity index (χ2n) is 9.94. The molecule has 4 saturated carbocycles. The molecule has 29 heavy (non-hydrogen) atoms. The third-order valence-electron chi connectivity index (χ3n) is 7.98. The molecule has 1 N–H and O–H groups in total. The zero-order valence-corrected chi connectivity index (χ0v) is 16.8. The van der Waals surface area contributed by atoms with Crippen molar-refractivity contribution in [3.8, 4) is 5.69 Å². The van der Waals surface area contributed by atoms with E-state index in [9.17, 15) is 10.1 Å². The summed E-state index contributed by atoms with van der Waals surface area (Å²) in [6, 6.07) is 6.85. The number of hydrogen-bond acceptors (Lipinski definition) is 4. The molecule has 0 amide bonds. The van der Waals surface area contributed by atoms with Gasteiger partial charge in [-0.05, 0) is 87.7 Å². The lowest BCUT2D eigenvalue weighted by Gasteiger charge is -2.56. The van der Waals surface area contributed by atoms with Crippen LogP contribution in [0.2, 0.25) is 0 Å². The van der Waals surface area contributed by atoms with Gasteiger partial charge in [-0.15, -0.1) is 0 Å². The van der Waals surface area contributed by atoms with Crippen LogP contribution in [0.15, 0.2) is 24.3 Å². The number of anilines is 1. The Morgan fingerprint density at radius 1 is 1.03 bits per heavy atom. The Bertz CT molecular complexity index is 927. The third kappa shape index (κ3) is 2.71. The first-order valence-electron chi connectivity index (χ1n) is 11.2. The first-order chi connectivity index (χ1) is 14.1. The zero-order valence-electron chi connectivity index (χ0n) is 16.8. The summed E-state index contributed by atoms with van der Waals surface area (Å²) in [4.78, 5) is 10.7. The maximum absolute atomic E-state index is 11.1. The van der Waals surface area contributed by atoms with Gasteiger partial charge in [0, 0.05) is 29.7 Å². The van der Waals surface area contributed by atoms with E-state index in [1.54, 1.807) is 12.1 Å². The Balaban J connectivity index is 1.47. The van der Waals surface area contributed by atoms with Crippen LogP contribution in [0.4, 0.5) is 11.5 Å². The monoisotopic (exact) mass is 392 g/mol. The van der Waals surface area contributed by atoms with E-state index < -0.39 is 0 Å². The van der Waals surface area contributed by atoms with E-state index in [4.69, 9.17) is 5.10 Å². The summed E-state index contributed by atoms with van der Waals surface area (Å²) < 4.78 is 2.04. The lowest BCUT2D eigenvalue weighted by Crippen LogP contribution is -2.49. The molecule has 4 bridgehead atoms. The maximum atomic E-state index is 11.1. The predicted octanol–water partition coefficient (Wildman–Crippen LogP) is 5.00. The molecule has 6 nitrogen and oxygen atoms in total. The topological polar surface area (TPSA) is 73.0 Å². The fraction of sp³-hybridized carbons (Fsp3) is 0.609. The minimum atomic E-state index is -0.341. The highest BCUT2D eigenvalue weighted by molar-refractivity contribution is 5.57. The third-order valence-corrected chi connectivity index (χ3v) is 7.98. The van der Waals surface area contributed by atoms with Crippen LogP contribution in [0.5, 0.6) is 0 Å². The van der Waals surface area contributed by atoms with Crippen LogP contribution in [-0.2, 0) is 11.8 Å². The molecular weight excluding hydrogens is 364 g/mol. The Kier molecular flexibility index (Phi) is 3.81. The van der Waals surface area contributed by atoms with Crippen molar-refractivity contribution in [2.24, 2.45) is 17.8 Å². The lowest BCUT2D eigenvalue weighted by molar-refractivity contribution is -0.384. The highest BCUT2D eigenvalue weighted by atomic mass is 16.6. The normalized spacial score (nSPS) is 32.5. The number of nitro benzene ring substituents is 1. The zero-order chi connectivity index (χ0) is 19.6.